The molecule has 0 saturated heterocycles. The number of hydrogen-bond donors (Lipinski definition) is 0. The largest absolute Gasteiger partial charge is 0.417 e. The van der Waals surface area contributed by atoms with E-state index in [4.69, 9.17) is 0 Å². The first-order chi connectivity index (χ1) is 33.1. The van der Waals surface area contributed by atoms with Crippen molar-refractivity contribution in [1.82, 2.24) is 4.57 Å². The van der Waals surface area contributed by atoms with E-state index in [1.54, 1.807) is 30.3 Å². The van der Waals surface area contributed by atoms with Crippen LogP contribution in [-0.2, 0) is 24.7 Å². The number of halogens is 12. The Kier molecular flexibility index (Phi) is 10.6. The Morgan fingerprint density at radius 3 is 1.30 bits per heavy atom. The number of carbonyl (C=O) groups excluding carboxylic acids is 2. The van der Waals surface area contributed by atoms with Gasteiger partial charge in [0.25, 0.3) is 11.8 Å². The van der Waals surface area contributed by atoms with Crippen molar-refractivity contribution in [2.24, 2.45) is 0 Å². The van der Waals surface area contributed by atoms with Crippen molar-refractivity contribution in [3.05, 3.63) is 203 Å². The van der Waals surface area contributed by atoms with Gasteiger partial charge in [-0.3, -0.25) is 9.59 Å². The molecule has 0 unspecified atom stereocenters. The Morgan fingerprint density at radius 2 is 0.814 bits per heavy atom. The van der Waals surface area contributed by atoms with Crippen LogP contribution in [0.1, 0.15) is 43.0 Å². The first-order valence-electron chi connectivity index (χ1n) is 21.0. The van der Waals surface area contributed by atoms with Gasteiger partial charge in [-0.2, -0.15) is 52.7 Å². The van der Waals surface area contributed by atoms with E-state index < -0.39 is 69.9 Å². The number of rotatable bonds is 6. The molecule has 0 fully saturated rings. The van der Waals surface area contributed by atoms with E-state index in [1.807, 2.05) is 48.5 Å². The van der Waals surface area contributed by atoms with Crippen LogP contribution in [0, 0.1) is 0 Å². The molecular formula is C54H28F12N2O2. The highest BCUT2D eigenvalue weighted by Crippen LogP contribution is 2.47. The van der Waals surface area contributed by atoms with Gasteiger partial charge in [-0.1, -0.05) is 97.1 Å². The molecule has 350 valence electrons. The van der Waals surface area contributed by atoms with Crippen molar-refractivity contribution in [2.75, 3.05) is 4.90 Å². The summed E-state index contributed by atoms with van der Waals surface area (Å²) in [4.78, 5) is 30.6. The number of benzene rings is 8. The fourth-order valence-corrected chi connectivity index (χ4v) is 9.09. The zero-order valence-corrected chi connectivity index (χ0v) is 35.4. The number of amides is 2. The molecule has 0 N–H and O–H groups in total. The molecule has 9 aromatic rings. The van der Waals surface area contributed by atoms with Crippen LogP contribution >= 0.6 is 0 Å². The Balaban J connectivity index is 1.20. The summed E-state index contributed by atoms with van der Waals surface area (Å²) >= 11 is 0. The maximum atomic E-state index is 15.0. The number of hydrogen-bond acceptors (Lipinski definition) is 2. The third kappa shape index (κ3) is 7.82. The molecule has 1 aliphatic rings. The van der Waals surface area contributed by atoms with Crippen molar-refractivity contribution in [3.63, 3.8) is 0 Å². The van der Waals surface area contributed by atoms with Crippen LogP contribution in [0.25, 0.3) is 72.0 Å². The average molecular weight is 965 g/mol. The summed E-state index contributed by atoms with van der Waals surface area (Å²) in [6.45, 7) is 0. The fourth-order valence-electron chi connectivity index (χ4n) is 9.09. The number of aromatic nitrogens is 1. The lowest BCUT2D eigenvalue weighted by Gasteiger charge is -2.20. The Labute approximate surface area is 388 Å². The second-order valence-electron chi connectivity index (χ2n) is 16.4. The second kappa shape index (κ2) is 16.2. The normalized spacial score (nSPS) is 13.5. The molecule has 2 heterocycles. The van der Waals surface area contributed by atoms with E-state index in [-0.39, 0.29) is 67.6 Å². The highest BCUT2D eigenvalue weighted by molar-refractivity contribution is 6.36. The molecular weight excluding hydrogens is 937 g/mol. The summed E-state index contributed by atoms with van der Waals surface area (Å²) in [5.41, 5.74) is -5.06. The first-order valence-corrected chi connectivity index (χ1v) is 21.0. The van der Waals surface area contributed by atoms with E-state index in [9.17, 15) is 62.3 Å². The van der Waals surface area contributed by atoms with Crippen LogP contribution in [0.15, 0.2) is 170 Å². The highest BCUT2D eigenvalue weighted by Gasteiger charge is 2.42. The topological polar surface area (TPSA) is 42.3 Å². The minimum absolute atomic E-state index is 0.0249. The molecule has 2 amide bonds. The molecule has 0 bridgehead atoms. The number of anilines is 1. The van der Waals surface area contributed by atoms with Crippen LogP contribution in [-0.4, -0.2) is 16.4 Å². The number of nitrogens with zero attached hydrogens (tertiary/aromatic N) is 2. The van der Waals surface area contributed by atoms with E-state index in [2.05, 4.69) is 0 Å². The predicted octanol–water partition coefficient (Wildman–Crippen LogP) is 16.3. The van der Waals surface area contributed by atoms with Gasteiger partial charge in [0.1, 0.15) is 0 Å². The fraction of sp³-hybridized carbons (Fsp3) is 0.0741. The van der Waals surface area contributed by atoms with Gasteiger partial charge in [0.15, 0.2) is 0 Å². The van der Waals surface area contributed by atoms with Crippen molar-refractivity contribution >= 4 is 39.3 Å². The number of carbonyl (C=O) groups is 2. The minimum atomic E-state index is -5.30. The van der Waals surface area contributed by atoms with E-state index in [0.717, 1.165) is 16.0 Å². The number of alkyl halides is 12. The monoisotopic (exact) mass is 964 g/mol. The second-order valence-corrected chi connectivity index (χ2v) is 16.4. The predicted molar refractivity (Wildman–Crippen MR) is 240 cm³/mol. The zero-order chi connectivity index (χ0) is 49.7. The van der Waals surface area contributed by atoms with Crippen molar-refractivity contribution in [2.45, 2.75) is 24.7 Å². The lowest BCUT2D eigenvalue weighted by atomic mass is 9.94. The van der Waals surface area contributed by atoms with E-state index in [0.29, 0.717) is 35.4 Å². The zero-order valence-electron chi connectivity index (χ0n) is 35.4. The van der Waals surface area contributed by atoms with Crippen LogP contribution in [0.2, 0.25) is 0 Å². The maximum absolute atomic E-state index is 15.0. The highest BCUT2D eigenvalue weighted by atomic mass is 19.4. The van der Waals surface area contributed by atoms with E-state index >= 15 is 0 Å². The lowest BCUT2D eigenvalue weighted by molar-refractivity contribution is -0.144. The van der Waals surface area contributed by atoms with Gasteiger partial charge < -0.3 is 4.57 Å². The third-order valence-electron chi connectivity index (χ3n) is 12.3. The van der Waals surface area contributed by atoms with Crippen molar-refractivity contribution in [3.8, 4) is 50.2 Å². The summed E-state index contributed by atoms with van der Waals surface area (Å²) in [5.74, 6) is -1.48. The molecule has 0 atom stereocenters. The summed E-state index contributed by atoms with van der Waals surface area (Å²) in [6.07, 6.45) is -20.9. The van der Waals surface area contributed by atoms with Crippen LogP contribution in [0.5, 0.6) is 0 Å². The molecule has 4 nitrogen and oxygen atoms in total. The minimum Gasteiger partial charge on any atom is -0.308 e. The van der Waals surface area contributed by atoms with E-state index in [1.165, 1.54) is 59.2 Å². The van der Waals surface area contributed by atoms with Gasteiger partial charge in [-0.25, -0.2) is 4.90 Å². The van der Waals surface area contributed by atoms with Gasteiger partial charge in [0.05, 0.1) is 55.8 Å². The molecule has 0 aliphatic carbocycles. The molecule has 8 aromatic carbocycles. The first kappa shape index (κ1) is 45.6. The molecule has 0 saturated carbocycles. The Hall–Kier alpha value is -8.14. The summed E-state index contributed by atoms with van der Waals surface area (Å²) in [6, 6.07) is 37.5. The molecule has 16 heteroatoms. The van der Waals surface area contributed by atoms with Crippen LogP contribution in [0.3, 0.4) is 0 Å². The number of fused-ring (bicyclic) bond motifs is 4. The molecule has 1 aromatic heterocycles. The summed E-state index contributed by atoms with van der Waals surface area (Å²) in [7, 11) is 0. The standard InChI is InChI=1S/C54H28F12N2O2/c55-51(56,57)34-17-19-36(42(27-34)53(61,62)63)32-15-22-45-40(25-32)41-26-33(37-20-18-35(52(58,59)60)28-43(37)54(64,65)66)16-23-46(41)67(45)47-13-7-12-38-48(47)50(70)68(49(38)69)44-21-14-31(29-8-3-1-4-9-29)24-39(44)30-10-5-2-6-11-30/h1-28H. The van der Waals surface area contributed by atoms with Crippen molar-refractivity contribution in [1.29, 1.82) is 0 Å². The van der Waals surface area contributed by atoms with Gasteiger partial charge in [0.2, 0.25) is 0 Å². The van der Waals surface area contributed by atoms with Crippen molar-refractivity contribution < 1.29 is 62.3 Å². The molecule has 1 aliphatic heterocycles. The molecule has 10 rings (SSSR count). The summed E-state index contributed by atoms with van der Waals surface area (Å²) < 4.78 is 171. The maximum Gasteiger partial charge on any atom is 0.417 e. The Bertz CT molecular complexity index is 3460. The number of imide groups is 1. The third-order valence-corrected chi connectivity index (χ3v) is 12.3. The Morgan fingerprint density at radius 1 is 0.329 bits per heavy atom. The average Bonchev–Trinajstić information content (AvgIpc) is 3.79. The molecule has 0 spiro atoms. The van der Waals surface area contributed by atoms with Crippen LogP contribution in [0.4, 0.5) is 58.4 Å². The van der Waals surface area contributed by atoms with Gasteiger partial charge >= 0.3 is 24.7 Å². The van der Waals surface area contributed by atoms with Gasteiger partial charge in [0, 0.05) is 16.3 Å². The van der Waals surface area contributed by atoms with Gasteiger partial charge in [-0.05, 0) is 112 Å². The quantitative estimate of drug-likeness (QED) is 0.123. The lowest BCUT2D eigenvalue weighted by Crippen LogP contribution is -2.30. The van der Waals surface area contributed by atoms with Gasteiger partial charge in [-0.15, -0.1) is 0 Å². The molecule has 70 heavy (non-hydrogen) atoms. The van der Waals surface area contributed by atoms with Crippen LogP contribution < -0.4 is 4.90 Å². The SMILES string of the molecule is O=C1c2cccc(-n3c4ccc(-c5ccc(C(F)(F)F)cc5C(F)(F)F)cc4c4cc(-c5ccc(C(F)(F)F)cc5C(F)(F)F)ccc43)c2C(=O)N1c1ccc(-c2ccccc2)cc1-c1ccccc1. The summed E-state index contributed by atoms with van der Waals surface area (Å²) in [5, 5.41) is 0.0499. The molecule has 0 radical (unpaired) electrons. The smallest absolute Gasteiger partial charge is 0.308 e.